The van der Waals surface area contributed by atoms with Crippen LogP contribution in [-0.4, -0.2) is 46.9 Å². The van der Waals surface area contributed by atoms with Crippen molar-refractivity contribution in [3.63, 3.8) is 0 Å². The van der Waals surface area contributed by atoms with E-state index in [-0.39, 0.29) is 23.5 Å². The van der Waals surface area contributed by atoms with Crippen molar-refractivity contribution in [1.29, 1.82) is 0 Å². The molecular formula is C22H29N3O4. The van der Waals surface area contributed by atoms with E-state index in [4.69, 9.17) is 9.15 Å². The molecule has 2 aromatic rings. The van der Waals surface area contributed by atoms with E-state index in [1.54, 1.807) is 31.6 Å². The number of carbonyl (C=O) groups excluding carboxylic acids is 1. The molecule has 2 aromatic heterocycles. The first-order valence-electron chi connectivity index (χ1n) is 10.6. The van der Waals surface area contributed by atoms with Crippen LogP contribution in [0, 0.1) is 11.8 Å². The Morgan fingerprint density at radius 2 is 2.03 bits per heavy atom. The number of aromatic nitrogens is 2. The highest BCUT2D eigenvalue weighted by Crippen LogP contribution is 2.29. The van der Waals surface area contributed by atoms with Crippen LogP contribution in [0.2, 0.25) is 0 Å². The molecule has 3 heterocycles. The SMILES string of the molecule is CO[C@@H]1CCC[C@@H](C(=O)N2CCC(Cn3nc(-c4ccco4)ccc3=O)CC2)C1. The van der Waals surface area contributed by atoms with Crippen LogP contribution in [0.25, 0.3) is 11.5 Å². The Balaban J connectivity index is 1.34. The van der Waals surface area contributed by atoms with Gasteiger partial charge in [-0.1, -0.05) is 6.42 Å². The number of methoxy groups -OCH3 is 1. The van der Waals surface area contributed by atoms with Crippen LogP contribution in [0.1, 0.15) is 38.5 Å². The van der Waals surface area contributed by atoms with Crippen molar-refractivity contribution < 1.29 is 13.9 Å². The zero-order valence-corrected chi connectivity index (χ0v) is 17.0. The third-order valence-corrected chi connectivity index (χ3v) is 6.31. The van der Waals surface area contributed by atoms with Gasteiger partial charge in [-0.15, -0.1) is 0 Å². The maximum absolute atomic E-state index is 12.9. The van der Waals surface area contributed by atoms with Gasteiger partial charge in [0.25, 0.3) is 5.56 Å². The topological polar surface area (TPSA) is 77.6 Å². The van der Waals surface area contributed by atoms with Gasteiger partial charge >= 0.3 is 0 Å². The van der Waals surface area contributed by atoms with E-state index in [0.717, 1.165) is 51.6 Å². The van der Waals surface area contributed by atoms with E-state index in [0.29, 0.717) is 23.9 Å². The van der Waals surface area contributed by atoms with E-state index in [9.17, 15) is 9.59 Å². The van der Waals surface area contributed by atoms with E-state index in [1.165, 1.54) is 4.68 Å². The molecule has 7 nitrogen and oxygen atoms in total. The van der Waals surface area contributed by atoms with Crippen LogP contribution in [0.15, 0.2) is 39.7 Å². The average molecular weight is 399 g/mol. The van der Waals surface area contributed by atoms with Crippen molar-refractivity contribution in [3.8, 4) is 11.5 Å². The number of hydrogen-bond acceptors (Lipinski definition) is 5. The number of carbonyl (C=O) groups is 1. The molecule has 1 amide bonds. The lowest BCUT2D eigenvalue weighted by atomic mass is 9.85. The standard InChI is InChI=1S/C22H29N3O4/c1-28-18-5-2-4-17(14-18)22(27)24-11-9-16(10-12-24)15-25-21(26)8-7-19(23-25)20-6-3-13-29-20/h3,6-8,13,16-18H,2,4-5,9-12,14-15H2,1H3/t17-,18-/m1/s1. The Bertz CT molecular complexity index is 868. The van der Waals surface area contributed by atoms with Crippen molar-refractivity contribution in [3.05, 3.63) is 40.9 Å². The molecule has 0 aromatic carbocycles. The largest absolute Gasteiger partial charge is 0.463 e. The van der Waals surface area contributed by atoms with Crippen LogP contribution in [0.5, 0.6) is 0 Å². The van der Waals surface area contributed by atoms with Gasteiger partial charge in [0.05, 0.1) is 12.4 Å². The van der Waals surface area contributed by atoms with Gasteiger partial charge in [-0.2, -0.15) is 5.10 Å². The molecule has 0 unspecified atom stereocenters. The molecule has 0 radical (unpaired) electrons. The minimum absolute atomic E-state index is 0.0968. The monoisotopic (exact) mass is 399 g/mol. The second-order valence-electron chi connectivity index (χ2n) is 8.21. The second kappa shape index (κ2) is 8.95. The molecule has 2 fully saturated rings. The summed E-state index contributed by atoms with van der Waals surface area (Å²) in [5, 5.41) is 4.47. The van der Waals surface area contributed by atoms with Gasteiger partial charge in [0.15, 0.2) is 5.76 Å². The first-order valence-corrected chi connectivity index (χ1v) is 10.6. The van der Waals surface area contributed by atoms with Gasteiger partial charge in [0, 0.05) is 38.7 Å². The number of nitrogens with zero attached hydrogens (tertiary/aromatic N) is 3. The zero-order valence-electron chi connectivity index (χ0n) is 17.0. The minimum Gasteiger partial charge on any atom is -0.463 e. The lowest BCUT2D eigenvalue weighted by Crippen LogP contribution is -2.44. The summed E-state index contributed by atoms with van der Waals surface area (Å²) in [4.78, 5) is 27.2. The third-order valence-electron chi connectivity index (χ3n) is 6.31. The summed E-state index contributed by atoms with van der Waals surface area (Å²) < 4.78 is 12.4. The van der Waals surface area contributed by atoms with Gasteiger partial charge in [-0.25, -0.2) is 4.68 Å². The van der Waals surface area contributed by atoms with Crippen molar-refractivity contribution in [2.75, 3.05) is 20.2 Å². The number of rotatable bonds is 5. The highest BCUT2D eigenvalue weighted by atomic mass is 16.5. The Kier molecular flexibility index (Phi) is 6.13. The molecule has 0 spiro atoms. The molecule has 1 aliphatic carbocycles. The first-order chi connectivity index (χ1) is 14.1. The van der Waals surface area contributed by atoms with E-state index < -0.39 is 0 Å². The average Bonchev–Trinajstić information content (AvgIpc) is 3.30. The highest BCUT2D eigenvalue weighted by molar-refractivity contribution is 5.79. The van der Waals surface area contributed by atoms with Crippen LogP contribution in [0.3, 0.4) is 0 Å². The molecule has 2 atom stereocenters. The summed E-state index contributed by atoms with van der Waals surface area (Å²) in [6.07, 6.45) is 7.53. The summed E-state index contributed by atoms with van der Waals surface area (Å²) in [6, 6.07) is 6.87. The Hall–Kier alpha value is -2.41. The van der Waals surface area contributed by atoms with Gasteiger partial charge in [-0.05, 0) is 56.2 Å². The van der Waals surface area contributed by atoms with Crippen LogP contribution in [-0.2, 0) is 16.1 Å². The van der Waals surface area contributed by atoms with Crippen molar-refractivity contribution >= 4 is 5.91 Å². The molecular weight excluding hydrogens is 370 g/mol. The van der Waals surface area contributed by atoms with Crippen molar-refractivity contribution in [1.82, 2.24) is 14.7 Å². The molecule has 0 bridgehead atoms. The maximum Gasteiger partial charge on any atom is 0.266 e. The highest BCUT2D eigenvalue weighted by Gasteiger charge is 2.32. The van der Waals surface area contributed by atoms with Crippen molar-refractivity contribution in [2.24, 2.45) is 11.8 Å². The lowest BCUT2D eigenvalue weighted by molar-refractivity contribution is -0.139. The van der Waals surface area contributed by atoms with Gasteiger partial charge in [-0.3, -0.25) is 9.59 Å². The molecule has 1 saturated heterocycles. The number of likely N-dealkylation sites (tertiary alicyclic amines) is 1. The summed E-state index contributed by atoms with van der Waals surface area (Å²) in [6.45, 7) is 2.08. The normalized spacial score (nSPS) is 23.3. The van der Waals surface area contributed by atoms with E-state index >= 15 is 0 Å². The van der Waals surface area contributed by atoms with Gasteiger partial charge in [0.1, 0.15) is 5.69 Å². The summed E-state index contributed by atoms with van der Waals surface area (Å²) in [5.74, 6) is 1.37. The minimum atomic E-state index is -0.105. The molecule has 0 N–H and O–H groups in total. The van der Waals surface area contributed by atoms with Crippen LogP contribution >= 0.6 is 0 Å². The molecule has 156 valence electrons. The predicted molar refractivity (Wildman–Crippen MR) is 108 cm³/mol. The Morgan fingerprint density at radius 3 is 2.76 bits per heavy atom. The fourth-order valence-electron chi connectivity index (χ4n) is 4.56. The van der Waals surface area contributed by atoms with Crippen molar-refractivity contribution in [2.45, 2.75) is 51.2 Å². The Labute approximate surface area is 170 Å². The molecule has 1 aliphatic heterocycles. The fraction of sp³-hybridized carbons (Fsp3) is 0.591. The van der Waals surface area contributed by atoms with E-state index in [2.05, 4.69) is 5.10 Å². The quantitative estimate of drug-likeness (QED) is 0.773. The summed E-state index contributed by atoms with van der Waals surface area (Å²) in [5.41, 5.74) is 0.554. The third kappa shape index (κ3) is 4.61. The number of furan rings is 1. The number of piperidine rings is 1. The number of ether oxygens (including phenoxy) is 1. The fourth-order valence-corrected chi connectivity index (χ4v) is 4.56. The number of amides is 1. The predicted octanol–water partition coefficient (Wildman–Crippen LogP) is 2.95. The van der Waals surface area contributed by atoms with Gasteiger partial charge in [0.2, 0.25) is 5.91 Å². The van der Waals surface area contributed by atoms with Gasteiger partial charge < -0.3 is 14.1 Å². The molecule has 4 rings (SSSR count). The van der Waals surface area contributed by atoms with E-state index in [1.807, 2.05) is 11.0 Å². The second-order valence-corrected chi connectivity index (χ2v) is 8.21. The molecule has 1 saturated carbocycles. The first kappa shape index (κ1) is 19.9. The smallest absolute Gasteiger partial charge is 0.266 e. The summed E-state index contributed by atoms with van der Waals surface area (Å²) >= 11 is 0. The maximum atomic E-state index is 12.9. The van der Waals surface area contributed by atoms with Crippen LogP contribution in [0.4, 0.5) is 0 Å². The summed E-state index contributed by atoms with van der Waals surface area (Å²) in [7, 11) is 1.74. The number of hydrogen-bond donors (Lipinski definition) is 0. The zero-order chi connectivity index (χ0) is 20.2. The molecule has 7 heteroatoms. The molecule has 29 heavy (non-hydrogen) atoms. The van der Waals surface area contributed by atoms with Crippen LogP contribution < -0.4 is 5.56 Å². The molecule has 2 aliphatic rings. The lowest BCUT2D eigenvalue weighted by Gasteiger charge is -2.36. The Morgan fingerprint density at radius 1 is 1.21 bits per heavy atom.